The van der Waals surface area contributed by atoms with Crippen LogP contribution in [0.1, 0.15) is 26.3 Å². The van der Waals surface area contributed by atoms with E-state index in [0.717, 1.165) is 10.9 Å². The number of anilines is 2. The van der Waals surface area contributed by atoms with Crippen LogP contribution in [0.4, 0.5) is 16.2 Å². The summed E-state index contributed by atoms with van der Waals surface area (Å²) in [4.78, 5) is 43.7. The highest BCUT2D eigenvalue weighted by Crippen LogP contribution is 2.25. The van der Waals surface area contributed by atoms with Crippen molar-refractivity contribution in [3.05, 3.63) is 66.4 Å². The molecule has 8 heteroatoms. The molecule has 0 aliphatic carbocycles. The Hall–Kier alpha value is -3.94. The second kappa shape index (κ2) is 10.1. The van der Waals surface area contributed by atoms with Crippen LogP contribution < -0.4 is 15.5 Å². The summed E-state index contributed by atoms with van der Waals surface area (Å²) in [6.07, 6.45) is 1.62. The lowest BCUT2D eigenvalue weighted by atomic mass is 10.1. The molecule has 0 atom stereocenters. The number of esters is 1. The highest BCUT2D eigenvalue weighted by molar-refractivity contribution is 6.06. The Kier molecular flexibility index (Phi) is 7.27. The van der Waals surface area contributed by atoms with Crippen molar-refractivity contribution in [2.24, 2.45) is 0 Å². The van der Waals surface area contributed by atoms with Crippen LogP contribution in [0.3, 0.4) is 0 Å². The Morgan fingerprint density at radius 2 is 1.76 bits per heavy atom. The van der Waals surface area contributed by atoms with Crippen LogP contribution in [0.15, 0.2) is 60.8 Å². The molecule has 3 amide bonds. The standard InChI is InChI=1S/C25H28N4O4/c1-17-8-5-11-19(14-17)28-24(32)27-15-21(30)29(16-22(31)33-25(2,3)4)20-12-6-9-18-10-7-13-26-23(18)20/h5-14H,15-16H2,1-4H3,(H2,27,28,32). The predicted octanol–water partition coefficient (Wildman–Crippen LogP) is 4.04. The smallest absolute Gasteiger partial charge is 0.326 e. The van der Waals surface area contributed by atoms with Gasteiger partial charge in [-0.25, -0.2) is 4.79 Å². The van der Waals surface area contributed by atoms with E-state index >= 15 is 0 Å². The van der Waals surface area contributed by atoms with Gasteiger partial charge in [-0.3, -0.25) is 19.5 Å². The normalized spacial score (nSPS) is 11.0. The van der Waals surface area contributed by atoms with Crippen LogP contribution in [0.25, 0.3) is 10.9 Å². The van der Waals surface area contributed by atoms with Crippen molar-refractivity contribution in [1.29, 1.82) is 0 Å². The molecule has 3 aromatic rings. The maximum absolute atomic E-state index is 13.1. The number of amides is 3. The molecule has 0 aliphatic heterocycles. The van der Waals surface area contributed by atoms with Crippen molar-refractivity contribution in [2.75, 3.05) is 23.3 Å². The predicted molar refractivity (Wildman–Crippen MR) is 128 cm³/mol. The number of hydrogen-bond donors (Lipinski definition) is 2. The second-order valence-corrected chi connectivity index (χ2v) is 8.60. The van der Waals surface area contributed by atoms with Crippen LogP contribution in [0, 0.1) is 6.92 Å². The number of para-hydroxylation sites is 1. The number of nitrogens with one attached hydrogen (secondary N) is 2. The van der Waals surface area contributed by atoms with Gasteiger partial charge in [0.05, 0.1) is 17.7 Å². The lowest BCUT2D eigenvalue weighted by Crippen LogP contribution is -2.45. The summed E-state index contributed by atoms with van der Waals surface area (Å²) in [6.45, 7) is 6.56. The number of rotatable bonds is 6. The summed E-state index contributed by atoms with van der Waals surface area (Å²) in [5.74, 6) is -1.04. The number of carbonyl (C=O) groups is 3. The molecule has 0 radical (unpaired) electrons. The Morgan fingerprint density at radius 1 is 1.03 bits per heavy atom. The minimum absolute atomic E-state index is 0.313. The summed E-state index contributed by atoms with van der Waals surface area (Å²) in [6, 6.07) is 15.8. The summed E-state index contributed by atoms with van der Waals surface area (Å²) in [7, 11) is 0. The van der Waals surface area contributed by atoms with Gasteiger partial charge >= 0.3 is 12.0 Å². The topological polar surface area (TPSA) is 101 Å². The minimum Gasteiger partial charge on any atom is -0.459 e. The minimum atomic E-state index is -0.700. The van der Waals surface area contributed by atoms with Crippen molar-refractivity contribution >= 4 is 40.2 Å². The highest BCUT2D eigenvalue weighted by Gasteiger charge is 2.25. The lowest BCUT2D eigenvalue weighted by Gasteiger charge is -2.26. The van der Waals surface area contributed by atoms with Crippen LogP contribution in [0.5, 0.6) is 0 Å². The number of benzene rings is 2. The van der Waals surface area contributed by atoms with Crippen molar-refractivity contribution in [3.8, 4) is 0 Å². The van der Waals surface area contributed by atoms with E-state index in [1.807, 2.05) is 37.3 Å². The van der Waals surface area contributed by atoms with E-state index in [0.29, 0.717) is 16.9 Å². The first-order valence-corrected chi connectivity index (χ1v) is 10.6. The Bertz CT molecular complexity index is 1170. The molecule has 2 aromatic carbocycles. The van der Waals surface area contributed by atoms with E-state index in [9.17, 15) is 14.4 Å². The average molecular weight is 449 g/mol. The molecular weight excluding hydrogens is 420 g/mol. The summed E-state index contributed by atoms with van der Waals surface area (Å²) in [5.41, 5.74) is 1.94. The van der Waals surface area contributed by atoms with Gasteiger partial charge in [-0.2, -0.15) is 0 Å². The second-order valence-electron chi connectivity index (χ2n) is 8.60. The number of carbonyl (C=O) groups excluding carboxylic acids is 3. The first-order valence-electron chi connectivity index (χ1n) is 10.6. The molecule has 0 fully saturated rings. The largest absolute Gasteiger partial charge is 0.459 e. The van der Waals surface area contributed by atoms with Crippen LogP contribution in [0.2, 0.25) is 0 Å². The number of aromatic nitrogens is 1. The number of fused-ring (bicyclic) bond motifs is 1. The molecule has 33 heavy (non-hydrogen) atoms. The third-order valence-electron chi connectivity index (χ3n) is 4.59. The van der Waals surface area contributed by atoms with E-state index in [1.54, 1.807) is 51.2 Å². The molecule has 172 valence electrons. The molecule has 1 aromatic heterocycles. The van der Waals surface area contributed by atoms with Gasteiger partial charge in [0.1, 0.15) is 12.1 Å². The fourth-order valence-corrected chi connectivity index (χ4v) is 3.27. The molecule has 0 saturated carbocycles. The van der Waals surface area contributed by atoms with Gasteiger partial charge in [0, 0.05) is 17.3 Å². The third kappa shape index (κ3) is 6.77. The van der Waals surface area contributed by atoms with E-state index in [2.05, 4.69) is 15.6 Å². The third-order valence-corrected chi connectivity index (χ3v) is 4.59. The number of ether oxygens (including phenoxy) is 1. The Balaban J connectivity index is 1.78. The maximum Gasteiger partial charge on any atom is 0.326 e. The van der Waals surface area contributed by atoms with Crippen LogP contribution in [-0.2, 0) is 14.3 Å². The average Bonchev–Trinajstić information content (AvgIpc) is 2.74. The first-order chi connectivity index (χ1) is 15.6. The molecular formula is C25H28N4O4. The fraction of sp³-hybridized carbons (Fsp3) is 0.280. The number of hydrogen-bond acceptors (Lipinski definition) is 5. The summed E-state index contributed by atoms with van der Waals surface area (Å²) in [5, 5.41) is 6.07. The molecule has 8 nitrogen and oxygen atoms in total. The molecule has 0 unspecified atom stereocenters. The maximum atomic E-state index is 13.1. The lowest BCUT2D eigenvalue weighted by molar-refractivity contribution is -0.153. The fourth-order valence-electron chi connectivity index (χ4n) is 3.27. The van der Waals surface area contributed by atoms with Gasteiger partial charge < -0.3 is 15.4 Å². The van der Waals surface area contributed by atoms with E-state index < -0.39 is 23.5 Å². The van der Waals surface area contributed by atoms with Crippen LogP contribution >= 0.6 is 0 Å². The Labute approximate surface area is 192 Å². The SMILES string of the molecule is Cc1cccc(NC(=O)NCC(=O)N(CC(=O)OC(C)(C)C)c2cccc3cccnc23)c1. The van der Waals surface area contributed by atoms with Gasteiger partial charge in [0.15, 0.2) is 0 Å². The quantitative estimate of drug-likeness (QED) is 0.555. The zero-order valence-corrected chi connectivity index (χ0v) is 19.2. The molecule has 1 heterocycles. The molecule has 0 saturated heterocycles. The number of urea groups is 1. The molecule has 3 rings (SSSR count). The van der Waals surface area contributed by atoms with Gasteiger partial charge in [0.2, 0.25) is 5.91 Å². The summed E-state index contributed by atoms with van der Waals surface area (Å²) < 4.78 is 5.41. The zero-order valence-electron chi connectivity index (χ0n) is 19.2. The van der Waals surface area contributed by atoms with E-state index in [4.69, 9.17) is 4.74 Å². The highest BCUT2D eigenvalue weighted by atomic mass is 16.6. The number of pyridine rings is 1. The zero-order chi connectivity index (χ0) is 24.0. The summed E-state index contributed by atoms with van der Waals surface area (Å²) >= 11 is 0. The molecule has 0 aliphatic rings. The van der Waals surface area contributed by atoms with Gasteiger partial charge in [-0.05, 0) is 57.5 Å². The Morgan fingerprint density at radius 3 is 2.48 bits per heavy atom. The molecule has 0 spiro atoms. The first kappa shape index (κ1) is 23.7. The van der Waals surface area contributed by atoms with Crippen LogP contribution in [-0.4, -0.2) is 41.6 Å². The van der Waals surface area contributed by atoms with E-state index in [1.165, 1.54) is 4.90 Å². The van der Waals surface area contributed by atoms with Crippen molar-refractivity contribution in [2.45, 2.75) is 33.3 Å². The van der Waals surface area contributed by atoms with Gasteiger partial charge in [-0.1, -0.05) is 30.3 Å². The van der Waals surface area contributed by atoms with Crippen molar-refractivity contribution in [1.82, 2.24) is 10.3 Å². The van der Waals surface area contributed by atoms with Crippen molar-refractivity contribution < 1.29 is 19.1 Å². The van der Waals surface area contributed by atoms with E-state index in [-0.39, 0.29) is 13.1 Å². The van der Waals surface area contributed by atoms with Crippen molar-refractivity contribution in [3.63, 3.8) is 0 Å². The molecule has 0 bridgehead atoms. The number of aryl methyl sites for hydroxylation is 1. The monoisotopic (exact) mass is 448 g/mol. The number of nitrogens with zero attached hydrogens (tertiary/aromatic N) is 2. The molecule has 2 N–H and O–H groups in total. The van der Waals surface area contributed by atoms with Gasteiger partial charge in [0.25, 0.3) is 0 Å². The van der Waals surface area contributed by atoms with Gasteiger partial charge in [-0.15, -0.1) is 0 Å².